The number of piperidine rings is 1. The summed E-state index contributed by atoms with van der Waals surface area (Å²) in [6, 6.07) is 6.40. The molecule has 1 aromatic carbocycles. The number of likely N-dealkylation sites (N-methyl/N-ethyl adjacent to an activating group) is 1. The molecule has 1 fully saturated rings. The summed E-state index contributed by atoms with van der Waals surface area (Å²) in [4.78, 5) is 73.1. The van der Waals surface area contributed by atoms with Gasteiger partial charge in [0.25, 0.3) is 0 Å². The van der Waals surface area contributed by atoms with Gasteiger partial charge >= 0.3 is 28.0 Å². The summed E-state index contributed by atoms with van der Waals surface area (Å²) >= 11 is 16.0. The molecule has 2 amide bonds. The number of amides is 2. The van der Waals surface area contributed by atoms with Gasteiger partial charge in [-0.15, -0.1) is 0 Å². The van der Waals surface area contributed by atoms with E-state index in [-0.39, 0.29) is 115 Å². The Labute approximate surface area is 439 Å². The van der Waals surface area contributed by atoms with Crippen LogP contribution in [-0.4, -0.2) is 243 Å². The van der Waals surface area contributed by atoms with E-state index in [2.05, 4.69) is 15.0 Å². The van der Waals surface area contributed by atoms with Crippen molar-refractivity contribution in [2.75, 3.05) is 171 Å². The molecule has 74 heavy (non-hydrogen) atoms. The fraction of sp³-hybridized carbons (Fsp3) is 0.698. The van der Waals surface area contributed by atoms with Gasteiger partial charge in [-0.25, -0.2) is 22.8 Å². The van der Waals surface area contributed by atoms with E-state index in [1.807, 2.05) is 11.9 Å². The van der Waals surface area contributed by atoms with Crippen LogP contribution in [0.3, 0.4) is 0 Å². The molecule has 0 bridgehead atoms. The first-order valence-corrected chi connectivity index (χ1v) is 27.6. The van der Waals surface area contributed by atoms with E-state index < -0.39 is 83.6 Å². The Hall–Kier alpha value is -4.28. The summed E-state index contributed by atoms with van der Waals surface area (Å²) in [5, 5.41) is 19.5. The van der Waals surface area contributed by atoms with Gasteiger partial charge in [0.05, 0.1) is 89.0 Å². The number of nitrogens with one attached hydrogen (secondary N) is 1. The number of likely N-dealkylation sites (tertiary alicyclic amines) is 1. The summed E-state index contributed by atoms with van der Waals surface area (Å²) in [7, 11) is -5.73. The van der Waals surface area contributed by atoms with Crippen LogP contribution in [0, 0.1) is 0 Å². The number of hydrogen-bond acceptors (Lipinski definition) is 20. The molecule has 1 atom stereocenters. The molecule has 2 aliphatic rings. The van der Waals surface area contributed by atoms with Crippen molar-refractivity contribution in [1.29, 1.82) is 0 Å². The number of esters is 1. The molecule has 0 aliphatic carbocycles. The molecule has 3 rings (SSSR count). The maximum atomic E-state index is 12.8. The van der Waals surface area contributed by atoms with Crippen molar-refractivity contribution in [2.24, 2.45) is 0 Å². The minimum absolute atomic E-state index is 0. The van der Waals surface area contributed by atoms with Crippen molar-refractivity contribution in [3.8, 4) is 0 Å². The number of sulfone groups is 1. The van der Waals surface area contributed by atoms with Crippen LogP contribution in [0.5, 0.6) is 0 Å². The van der Waals surface area contributed by atoms with Gasteiger partial charge in [0, 0.05) is 32.7 Å². The number of halogens is 3. The molecule has 2 aliphatic heterocycles. The van der Waals surface area contributed by atoms with E-state index in [0.717, 1.165) is 13.1 Å². The summed E-state index contributed by atoms with van der Waals surface area (Å²) in [6.07, 6.45) is 3.32. The molecule has 2 heterocycles. The van der Waals surface area contributed by atoms with E-state index in [4.69, 9.17) is 87.6 Å². The number of nitrogens with zero attached hydrogens (tertiary/aromatic N) is 3. The Morgan fingerprint density at radius 1 is 0.730 bits per heavy atom. The number of fused-ring (bicyclic) bond motifs is 1. The molecule has 0 aromatic heterocycles. The smallest absolute Gasteiger partial charge is 0.410 e. The molecule has 4 N–H and O–H groups in total. The van der Waals surface area contributed by atoms with Crippen LogP contribution in [0.2, 0.25) is 0 Å². The number of ether oxygens (including phenoxy) is 10. The summed E-state index contributed by atoms with van der Waals surface area (Å²) < 4.78 is 86.7. The standard InChI is InChI=1S/C33H48Cl3N2O19PS.C10H20N2O2.Fm/c34-33(35,36)57-32(43)37-5-8-48-11-12-49-9-6-38(7-10-50-13-14-52-22-30(40)41)29(39)21-51-15-17-54-24-58(44,45)25-55-18-16-53-23-31(42)56-20-27-19-26-3-1-2-4-28(26)59(27,46)47;1-11(9-10(13)14)7-8-12-5-3-2-4-6-12;/h1-4,19H,5-18,20-25H2,(H,37,43)(H,40,41)(H,44,45);2-9H2,1H3,(H,13,14);. The fourth-order valence-electron chi connectivity index (χ4n) is 6.23. The van der Waals surface area contributed by atoms with Crippen molar-refractivity contribution >= 4 is 88.0 Å². The van der Waals surface area contributed by atoms with Crippen LogP contribution >= 0.6 is 42.2 Å². The molecule has 1 unspecified atom stereocenters. The molecule has 0 radical (unpaired) electrons. The Balaban J connectivity index is 0.00000157. The number of alkyl halides is 3. The molecule has 0 saturated carbocycles. The fourth-order valence-corrected chi connectivity index (χ4v) is 8.81. The van der Waals surface area contributed by atoms with Crippen LogP contribution in [-0.2, 0) is 80.9 Å². The minimum Gasteiger partial charge on any atom is -0.480 e. The van der Waals surface area contributed by atoms with Crippen molar-refractivity contribution in [1.82, 2.24) is 20.0 Å². The number of benzene rings is 1. The van der Waals surface area contributed by atoms with Gasteiger partial charge in [-0.2, -0.15) is 0 Å². The van der Waals surface area contributed by atoms with Crippen molar-refractivity contribution < 1.29 is 99.4 Å². The first kappa shape index (κ1) is 67.7. The average molecular weight is 1400 g/mol. The predicted octanol–water partition coefficient (Wildman–Crippen LogP) is 2.13. The van der Waals surface area contributed by atoms with Gasteiger partial charge in [-0.1, -0.05) is 24.6 Å². The van der Waals surface area contributed by atoms with Crippen LogP contribution in [0.25, 0.3) is 6.08 Å². The topological polar surface area (TPSA) is 311 Å². The van der Waals surface area contributed by atoms with E-state index in [0.29, 0.717) is 5.56 Å². The molecular weight excluding hydrogens is 1330 g/mol. The van der Waals surface area contributed by atoms with E-state index >= 15 is 0 Å². The van der Waals surface area contributed by atoms with Crippen molar-refractivity contribution in [3.05, 3.63) is 34.7 Å². The number of rotatable bonds is 38. The van der Waals surface area contributed by atoms with E-state index in [9.17, 15) is 41.8 Å². The van der Waals surface area contributed by atoms with E-state index in [1.165, 1.54) is 49.4 Å². The molecule has 1 saturated heterocycles. The Bertz CT molecular complexity index is 2010. The Morgan fingerprint density at radius 3 is 1.84 bits per heavy atom. The second-order valence-electron chi connectivity index (χ2n) is 15.8. The SMILES string of the molecule is CN(CCN1CCCCC1)CC(=O)O.O=C(O)COCCOCCN(CCOCCOCCNC(=O)OC(Cl)(Cl)Cl)C(=O)COCCOCP(=O)(O)COCCOCC(=O)OCC1=Cc2ccccc2S1(=O)=O.[Fm]. The zero-order chi connectivity index (χ0) is 54.0. The van der Waals surface area contributed by atoms with Gasteiger partial charge in [-0.05, 0) is 85.5 Å². The second-order valence-corrected chi connectivity index (χ2v) is 22.2. The zero-order valence-corrected chi connectivity index (χ0v) is 47.4. The molecule has 31 heteroatoms. The van der Waals surface area contributed by atoms with Crippen LogP contribution in [0.1, 0.15) is 24.8 Å². The maximum Gasteiger partial charge on any atom is 0.410 e. The molecule has 1 aromatic rings. The molecule has 0 spiro atoms. The van der Waals surface area contributed by atoms with Gasteiger partial charge in [0.2, 0.25) is 23.1 Å². The first-order chi connectivity index (χ1) is 34.7. The number of hydrogen-bond donors (Lipinski definition) is 4. The maximum absolute atomic E-state index is 12.8. The van der Waals surface area contributed by atoms with Crippen molar-refractivity contribution in [2.45, 2.75) is 28.1 Å². The quantitative estimate of drug-likeness (QED) is 0.0319. The summed E-state index contributed by atoms with van der Waals surface area (Å²) in [5.74, 6) is -3.07. The van der Waals surface area contributed by atoms with Gasteiger partial charge in [-0.3, -0.25) is 19.1 Å². The number of carbonyl (C=O) groups excluding carboxylic acids is 3. The number of alkyl carbamates (subject to hydrolysis) is 1. The zero-order valence-electron chi connectivity index (χ0n) is 41.0. The molecule has 25 nitrogen and oxygen atoms in total. The normalized spacial score (nSPS) is 14.9. The third-order valence-electron chi connectivity index (χ3n) is 9.73. The predicted molar refractivity (Wildman–Crippen MR) is 263 cm³/mol. The summed E-state index contributed by atoms with van der Waals surface area (Å²) in [5.41, 5.74) is 0.513. The van der Waals surface area contributed by atoms with Crippen LogP contribution < -0.4 is 5.32 Å². The Morgan fingerprint density at radius 2 is 1.27 bits per heavy atom. The minimum atomic E-state index is -3.86. The molecule has 430 valence electrons. The third-order valence-corrected chi connectivity index (χ3v) is 13.0. The molecular formula is C43H68Cl3FmN4O21PS. The number of carboxylic acid groups (broad SMARTS) is 2. The number of carboxylic acids is 2. The van der Waals surface area contributed by atoms with Gasteiger partial charge < -0.3 is 77.6 Å². The van der Waals surface area contributed by atoms with Crippen LogP contribution in [0.15, 0.2) is 34.1 Å². The monoisotopic (exact) mass is 1400 g/mol. The van der Waals surface area contributed by atoms with E-state index in [1.54, 1.807) is 18.2 Å². The largest absolute Gasteiger partial charge is 0.480 e. The number of carbonyl (C=O) groups is 5. The van der Waals surface area contributed by atoms with Crippen LogP contribution in [0.4, 0.5) is 4.79 Å². The third kappa shape index (κ3) is 32.9. The number of aliphatic carboxylic acids is 2. The van der Waals surface area contributed by atoms with Gasteiger partial charge in [0.15, 0.2) is 0 Å². The second kappa shape index (κ2) is 38.3. The summed E-state index contributed by atoms with van der Waals surface area (Å²) in [6.45, 7) is 3.41. The van der Waals surface area contributed by atoms with Gasteiger partial charge in [0.1, 0.15) is 39.1 Å². The Kier molecular flexibility index (Phi) is 35.1. The average Bonchev–Trinajstić information content (AvgIpc) is 3.58. The van der Waals surface area contributed by atoms with Crippen molar-refractivity contribution in [3.63, 3.8) is 0 Å². The first-order valence-electron chi connectivity index (χ1n) is 23.0.